The van der Waals surface area contributed by atoms with Gasteiger partial charge >= 0.3 is 0 Å². The molecule has 1 rings (SSSR count). The molecule has 0 aliphatic rings. The lowest BCUT2D eigenvalue weighted by molar-refractivity contribution is -0.387. The van der Waals surface area contributed by atoms with E-state index in [1.54, 1.807) is 18.2 Å². The highest BCUT2D eigenvalue weighted by Gasteiger charge is 2.17. The van der Waals surface area contributed by atoms with Gasteiger partial charge in [-0.1, -0.05) is 12.1 Å². The summed E-state index contributed by atoms with van der Waals surface area (Å²) in [6.07, 6.45) is 0.718. The molecule has 1 N–H and O–H groups in total. The minimum absolute atomic E-state index is 0.0280. The minimum Gasteiger partial charge on any atom is -0.312 e. The number of benzene rings is 1. The van der Waals surface area contributed by atoms with Crippen LogP contribution in [0, 0.1) is 10.1 Å². The van der Waals surface area contributed by atoms with E-state index < -0.39 is 15.7 Å². The Bertz CT molecular complexity index is 469. The second kappa shape index (κ2) is 6.77. The Balaban J connectivity index is 2.57. The molecule has 5 nitrogen and oxygen atoms in total. The quantitative estimate of drug-likeness (QED) is 0.495. The van der Waals surface area contributed by atoms with Crippen LogP contribution in [0.5, 0.6) is 0 Å². The monoisotopic (exact) mass is 284 g/mol. The maximum absolute atomic E-state index is 12.1. The normalized spacial score (nSPS) is 13.2. The first-order chi connectivity index (χ1) is 8.81. The van der Waals surface area contributed by atoms with Crippen LogP contribution in [-0.4, -0.2) is 27.0 Å². The molecule has 0 aromatic heterocycles. The van der Waals surface area contributed by atoms with Crippen LogP contribution >= 0.6 is 0 Å². The summed E-state index contributed by atoms with van der Waals surface area (Å²) < 4.78 is 12.1. The number of para-hydroxylation sites is 1. The molecule has 0 saturated heterocycles. The number of hydrogen-bond donors (Lipinski definition) is 1. The molecule has 0 amide bonds. The van der Waals surface area contributed by atoms with Crippen LogP contribution in [0.3, 0.4) is 0 Å². The van der Waals surface area contributed by atoms with Crippen molar-refractivity contribution in [3.8, 4) is 0 Å². The first kappa shape index (κ1) is 15.8. The van der Waals surface area contributed by atoms with Crippen molar-refractivity contribution in [2.45, 2.75) is 37.6 Å². The van der Waals surface area contributed by atoms with Crippen LogP contribution < -0.4 is 5.32 Å². The molecular formula is C13H20N2O3S. The van der Waals surface area contributed by atoms with Crippen LogP contribution in [0.15, 0.2) is 29.2 Å². The van der Waals surface area contributed by atoms with Crippen molar-refractivity contribution in [3.63, 3.8) is 0 Å². The zero-order chi connectivity index (χ0) is 14.5. The molecule has 0 aliphatic carbocycles. The second-order valence-corrected chi connectivity index (χ2v) is 6.84. The highest BCUT2D eigenvalue weighted by Crippen LogP contribution is 2.21. The standard InChI is InChI=1S/C13H20N2O3S/c1-13(2,3)14-9-6-10-19(18)12-8-5-4-7-11(12)15(16)17/h4-5,7-8,14H,6,9-10H2,1-3H3. The summed E-state index contributed by atoms with van der Waals surface area (Å²) in [5.74, 6) is 0.425. The lowest BCUT2D eigenvalue weighted by Crippen LogP contribution is -2.36. The number of nitrogens with zero attached hydrogens (tertiary/aromatic N) is 1. The topological polar surface area (TPSA) is 72.2 Å². The van der Waals surface area contributed by atoms with Crippen LogP contribution in [0.25, 0.3) is 0 Å². The average Bonchev–Trinajstić information content (AvgIpc) is 2.33. The molecule has 1 atom stereocenters. The second-order valence-electron chi connectivity index (χ2n) is 5.30. The van der Waals surface area contributed by atoms with Gasteiger partial charge < -0.3 is 5.32 Å². The van der Waals surface area contributed by atoms with Crippen molar-refractivity contribution < 1.29 is 9.13 Å². The summed E-state index contributed by atoms with van der Waals surface area (Å²) in [7, 11) is -1.33. The lowest BCUT2D eigenvalue weighted by atomic mass is 10.1. The molecule has 0 spiro atoms. The summed E-state index contributed by atoms with van der Waals surface area (Å²) >= 11 is 0. The third-order valence-electron chi connectivity index (χ3n) is 2.47. The number of nitrogens with one attached hydrogen (secondary N) is 1. The first-order valence-corrected chi connectivity index (χ1v) is 7.50. The maximum atomic E-state index is 12.1. The van der Waals surface area contributed by atoms with Gasteiger partial charge in [-0.2, -0.15) is 0 Å². The Labute approximate surface area is 116 Å². The molecule has 0 aliphatic heterocycles. The maximum Gasteiger partial charge on any atom is 0.285 e. The van der Waals surface area contributed by atoms with E-state index in [1.807, 2.05) is 0 Å². The van der Waals surface area contributed by atoms with Crippen LogP contribution in [0.1, 0.15) is 27.2 Å². The van der Waals surface area contributed by atoms with E-state index >= 15 is 0 Å². The van der Waals surface area contributed by atoms with Crippen molar-refractivity contribution in [2.24, 2.45) is 0 Å². The fourth-order valence-electron chi connectivity index (χ4n) is 1.58. The van der Waals surface area contributed by atoms with E-state index in [9.17, 15) is 14.3 Å². The Hall–Kier alpha value is -1.27. The van der Waals surface area contributed by atoms with Crippen molar-refractivity contribution >= 4 is 16.5 Å². The van der Waals surface area contributed by atoms with Gasteiger partial charge in [-0.05, 0) is 39.8 Å². The largest absolute Gasteiger partial charge is 0.312 e. The Morgan fingerprint density at radius 3 is 2.53 bits per heavy atom. The van der Waals surface area contributed by atoms with E-state index in [2.05, 4.69) is 26.1 Å². The molecule has 0 heterocycles. The Morgan fingerprint density at radius 1 is 1.32 bits per heavy atom. The van der Waals surface area contributed by atoms with Gasteiger partial charge in [-0.15, -0.1) is 0 Å². The molecule has 0 fully saturated rings. The van der Waals surface area contributed by atoms with Crippen LogP contribution in [0.4, 0.5) is 5.69 Å². The molecule has 1 aromatic rings. The van der Waals surface area contributed by atoms with Crippen molar-refractivity contribution in [3.05, 3.63) is 34.4 Å². The predicted molar refractivity (Wildman–Crippen MR) is 76.7 cm³/mol. The van der Waals surface area contributed by atoms with Crippen LogP contribution in [-0.2, 0) is 10.8 Å². The summed E-state index contributed by atoms with van der Waals surface area (Å²) in [6, 6.07) is 6.21. The molecular weight excluding hydrogens is 264 g/mol. The smallest absolute Gasteiger partial charge is 0.285 e. The van der Waals surface area contributed by atoms with Crippen molar-refractivity contribution in [1.82, 2.24) is 5.32 Å². The van der Waals surface area contributed by atoms with E-state index in [0.29, 0.717) is 10.6 Å². The third kappa shape index (κ3) is 5.48. The highest BCUT2D eigenvalue weighted by atomic mass is 32.2. The van der Waals surface area contributed by atoms with Crippen molar-refractivity contribution in [1.29, 1.82) is 0 Å². The molecule has 0 saturated carbocycles. The van der Waals surface area contributed by atoms with E-state index in [4.69, 9.17) is 0 Å². The molecule has 1 aromatic carbocycles. The number of hydrogen-bond acceptors (Lipinski definition) is 4. The molecule has 0 bridgehead atoms. The molecule has 0 radical (unpaired) electrons. The van der Waals surface area contributed by atoms with Gasteiger partial charge in [-0.25, -0.2) is 0 Å². The summed E-state index contributed by atoms with van der Waals surface area (Å²) in [5, 5.41) is 14.1. The molecule has 106 valence electrons. The van der Waals surface area contributed by atoms with E-state index in [-0.39, 0.29) is 11.2 Å². The van der Waals surface area contributed by atoms with Gasteiger partial charge in [0.1, 0.15) is 4.90 Å². The highest BCUT2D eigenvalue weighted by molar-refractivity contribution is 7.85. The van der Waals surface area contributed by atoms with Crippen molar-refractivity contribution in [2.75, 3.05) is 12.3 Å². The molecule has 1 unspecified atom stereocenters. The van der Waals surface area contributed by atoms with E-state index in [0.717, 1.165) is 13.0 Å². The predicted octanol–water partition coefficient (Wildman–Crippen LogP) is 2.48. The zero-order valence-electron chi connectivity index (χ0n) is 11.5. The Morgan fingerprint density at radius 2 is 1.95 bits per heavy atom. The van der Waals surface area contributed by atoms with Gasteiger partial charge in [-0.3, -0.25) is 14.3 Å². The van der Waals surface area contributed by atoms with E-state index in [1.165, 1.54) is 6.07 Å². The van der Waals surface area contributed by atoms with Crippen LogP contribution in [0.2, 0.25) is 0 Å². The first-order valence-electron chi connectivity index (χ1n) is 6.18. The summed E-state index contributed by atoms with van der Waals surface area (Å²) in [5.41, 5.74) is -0.0372. The summed E-state index contributed by atoms with van der Waals surface area (Å²) in [4.78, 5) is 10.7. The average molecular weight is 284 g/mol. The number of rotatable bonds is 6. The molecule has 19 heavy (non-hydrogen) atoms. The summed E-state index contributed by atoms with van der Waals surface area (Å²) in [6.45, 7) is 6.93. The van der Waals surface area contributed by atoms with Gasteiger partial charge in [0.15, 0.2) is 0 Å². The minimum atomic E-state index is -1.33. The zero-order valence-corrected chi connectivity index (χ0v) is 12.3. The Kier molecular flexibility index (Phi) is 5.62. The SMILES string of the molecule is CC(C)(C)NCCCS(=O)c1ccccc1[N+](=O)[O-]. The molecule has 6 heteroatoms. The van der Waals surface area contributed by atoms with Gasteiger partial charge in [0, 0.05) is 17.4 Å². The van der Waals surface area contributed by atoms with Gasteiger partial charge in [0.25, 0.3) is 5.69 Å². The number of nitro groups is 1. The van der Waals surface area contributed by atoms with Gasteiger partial charge in [0.2, 0.25) is 0 Å². The lowest BCUT2D eigenvalue weighted by Gasteiger charge is -2.20. The van der Waals surface area contributed by atoms with Gasteiger partial charge in [0.05, 0.1) is 15.7 Å². The third-order valence-corrected chi connectivity index (χ3v) is 3.96. The number of nitro benzene ring substituents is 1. The fourth-order valence-corrected chi connectivity index (χ4v) is 2.81. The fraction of sp³-hybridized carbons (Fsp3) is 0.538.